The van der Waals surface area contributed by atoms with Crippen molar-refractivity contribution in [3.05, 3.63) is 89.5 Å². The molecule has 7 heteroatoms. The second-order valence-electron chi connectivity index (χ2n) is 7.73. The number of methoxy groups -OCH3 is 2. The Labute approximate surface area is 206 Å². The topological polar surface area (TPSA) is 81.7 Å². The van der Waals surface area contributed by atoms with E-state index in [4.69, 9.17) is 9.47 Å². The standard InChI is InChI=1S/C28H23NO5S/c1-17(30)29-28(32)19-10-8-18(9-11-19)23(31)13-12-20-14-22(25(34-3)16-24(20)33-2)27-15-21-6-4-5-7-26(21)35-27/h4-16H,1-3H3,(H,29,30,32)/b13-12+. The molecule has 0 fully saturated rings. The Kier molecular flexibility index (Phi) is 7.08. The molecular weight excluding hydrogens is 462 g/mol. The zero-order valence-electron chi connectivity index (χ0n) is 19.5. The number of nitrogens with one attached hydrogen (secondary N) is 1. The Balaban J connectivity index is 1.63. The van der Waals surface area contributed by atoms with E-state index in [2.05, 4.69) is 23.5 Å². The Morgan fingerprint density at radius 3 is 2.20 bits per heavy atom. The first-order chi connectivity index (χ1) is 16.9. The highest BCUT2D eigenvalue weighted by molar-refractivity contribution is 7.22. The maximum atomic E-state index is 12.8. The van der Waals surface area contributed by atoms with Gasteiger partial charge in [0.1, 0.15) is 11.5 Å². The molecule has 0 saturated carbocycles. The average Bonchev–Trinajstić information content (AvgIpc) is 3.30. The summed E-state index contributed by atoms with van der Waals surface area (Å²) in [6.07, 6.45) is 3.16. The number of fused-ring (bicyclic) bond motifs is 1. The largest absolute Gasteiger partial charge is 0.496 e. The number of ketones is 1. The molecule has 0 aliphatic rings. The van der Waals surface area contributed by atoms with Crippen molar-refractivity contribution < 1.29 is 23.9 Å². The van der Waals surface area contributed by atoms with E-state index in [1.54, 1.807) is 43.8 Å². The van der Waals surface area contributed by atoms with Gasteiger partial charge in [-0.25, -0.2) is 0 Å². The first-order valence-electron chi connectivity index (χ1n) is 10.8. The number of hydrogen-bond donors (Lipinski definition) is 1. The lowest BCUT2D eigenvalue weighted by molar-refractivity contribution is -0.118. The van der Waals surface area contributed by atoms with Crippen molar-refractivity contribution in [1.29, 1.82) is 0 Å². The van der Waals surface area contributed by atoms with Crippen LogP contribution in [0.5, 0.6) is 11.5 Å². The number of thiophene rings is 1. The lowest BCUT2D eigenvalue weighted by Crippen LogP contribution is -2.27. The summed E-state index contributed by atoms with van der Waals surface area (Å²) in [4.78, 5) is 36.8. The van der Waals surface area contributed by atoms with Crippen molar-refractivity contribution >= 4 is 45.1 Å². The van der Waals surface area contributed by atoms with E-state index in [-0.39, 0.29) is 5.78 Å². The minimum Gasteiger partial charge on any atom is -0.496 e. The van der Waals surface area contributed by atoms with E-state index in [9.17, 15) is 14.4 Å². The molecule has 176 valence electrons. The SMILES string of the molecule is COc1cc(OC)c(-c2cc3ccccc3s2)cc1/C=C/C(=O)c1ccc(C(=O)NC(C)=O)cc1. The van der Waals surface area contributed by atoms with Gasteiger partial charge in [0.25, 0.3) is 5.91 Å². The number of rotatable bonds is 7. The highest BCUT2D eigenvalue weighted by Gasteiger charge is 2.15. The van der Waals surface area contributed by atoms with Crippen LogP contribution in [0.4, 0.5) is 0 Å². The molecule has 35 heavy (non-hydrogen) atoms. The third-order valence-corrected chi connectivity index (χ3v) is 6.53. The van der Waals surface area contributed by atoms with Crippen LogP contribution in [0.25, 0.3) is 26.6 Å². The minimum atomic E-state index is -0.510. The van der Waals surface area contributed by atoms with Crippen LogP contribution in [-0.2, 0) is 4.79 Å². The summed E-state index contributed by atoms with van der Waals surface area (Å²) in [6.45, 7) is 1.26. The minimum absolute atomic E-state index is 0.232. The van der Waals surface area contributed by atoms with Crippen LogP contribution >= 0.6 is 11.3 Å². The maximum Gasteiger partial charge on any atom is 0.257 e. The van der Waals surface area contributed by atoms with E-state index in [1.165, 1.54) is 29.8 Å². The first kappa shape index (κ1) is 23.9. The zero-order chi connectivity index (χ0) is 24.9. The van der Waals surface area contributed by atoms with Crippen molar-refractivity contribution in [3.63, 3.8) is 0 Å². The normalized spacial score (nSPS) is 10.9. The third kappa shape index (κ3) is 5.31. The van der Waals surface area contributed by atoms with E-state index in [0.29, 0.717) is 22.6 Å². The predicted octanol–water partition coefficient (Wildman–Crippen LogP) is 5.76. The number of ether oxygens (including phenoxy) is 2. The van der Waals surface area contributed by atoms with Crippen LogP contribution in [0, 0.1) is 0 Å². The molecule has 0 saturated heterocycles. The lowest BCUT2D eigenvalue weighted by atomic mass is 10.0. The van der Waals surface area contributed by atoms with Crippen molar-refractivity contribution in [2.75, 3.05) is 14.2 Å². The number of hydrogen-bond acceptors (Lipinski definition) is 6. The quantitative estimate of drug-likeness (QED) is 0.266. The van der Waals surface area contributed by atoms with Gasteiger partial charge in [-0.3, -0.25) is 19.7 Å². The molecule has 4 rings (SSSR count). The molecule has 1 heterocycles. The summed E-state index contributed by atoms with van der Waals surface area (Å²) < 4.78 is 12.3. The fraction of sp³-hybridized carbons (Fsp3) is 0.107. The molecule has 6 nitrogen and oxygen atoms in total. The van der Waals surface area contributed by atoms with Crippen molar-refractivity contribution in [2.24, 2.45) is 0 Å². The van der Waals surface area contributed by atoms with Gasteiger partial charge in [-0.15, -0.1) is 11.3 Å². The van der Waals surface area contributed by atoms with Crippen molar-refractivity contribution in [2.45, 2.75) is 6.92 Å². The molecule has 1 aromatic heterocycles. The Morgan fingerprint density at radius 2 is 1.54 bits per heavy atom. The van der Waals surface area contributed by atoms with E-state index in [0.717, 1.165) is 21.4 Å². The van der Waals surface area contributed by atoms with Crippen LogP contribution in [0.15, 0.2) is 72.8 Å². The highest BCUT2D eigenvalue weighted by atomic mass is 32.1. The third-order valence-electron chi connectivity index (χ3n) is 5.38. The molecule has 0 atom stereocenters. The lowest BCUT2D eigenvalue weighted by Gasteiger charge is -2.12. The van der Waals surface area contributed by atoms with Gasteiger partial charge in [-0.2, -0.15) is 0 Å². The van der Waals surface area contributed by atoms with Gasteiger partial charge in [0.05, 0.1) is 14.2 Å². The molecule has 0 aliphatic carbocycles. The van der Waals surface area contributed by atoms with Gasteiger partial charge < -0.3 is 9.47 Å². The summed E-state index contributed by atoms with van der Waals surface area (Å²) in [5, 5.41) is 3.35. The van der Waals surface area contributed by atoms with Crippen LogP contribution in [0.3, 0.4) is 0 Å². The Bertz CT molecular complexity index is 1420. The van der Waals surface area contributed by atoms with Gasteiger partial charge >= 0.3 is 0 Å². The fourth-order valence-corrected chi connectivity index (χ4v) is 4.72. The van der Waals surface area contributed by atoms with Crippen molar-refractivity contribution in [1.82, 2.24) is 5.32 Å². The number of imide groups is 1. The molecule has 1 N–H and O–H groups in total. The Hall–Kier alpha value is -4.23. The van der Waals surface area contributed by atoms with E-state index < -0.39 is 11.8 Å². The van der Waals surface area contributed by atoms with Crippen molar-refractivity contribution in [3.8, 4) is 21.9 Å². The van der Waals surface area contributed by atoms with E-state index >= 15 is 0 Å². The smallest absolute Gasteiger partial charge is 0.257 e. The maximum absolute atomic E-state index is 12.8. The van der Waals surface area contributed by atoms with Gasteiger partial charge in [-0.1, -0.05) is 30.3 Å². The predicted molar refractivity (Wildman–Crippen MR) is 138 cm³/mol. The molecule has 0 bridgehead atoms. The van der Waals surface area contributed by atoms with Crippen LogP contribution < -0.4 is 14.8 Å². The van der Waals surface area contributed by atoms with Gasteiger partial charge in [0, 0.05) is 44.8 Å². The summed E-state index contributed by atoms with van der Waals surface area (Å²) >= 11 is 1.66. The number of carbonyl (C=O) groups excluding carboxylic acids is 3. The summed E-state index contributed by atoms with van der Waals surface area (Å²) in [5.41, 5.74) is 2.34. The molecule has 0 radical (unpaired) electrons. The molecule has 0 aliphatic heterocycles. The highest BCUT2D eigenvalue weighted by Crippen LogP contribution is 2.41. The number of amides is 2. The second kappa shape index (κ2) is 10.4. The zero-order valence-corrected chi connectivity index (χ0v) is 20.3. The molecule has 0 spiro atoms. The molecule has 3 aromatic carbocycles. The number of allylic oxidation sites excluding steroid dienone is 1. The second-order valence-corrected chi connectivity index (χ2v) is 8.81. The summed E-state index contributed by atoms with van der Waals surface area (Å²) in [6, 6.07) is 20.2. The molecule has 4 aromatic rings. The molecule has 2 amide bonds. The van der Waals surface area contributed by atoms with Gasteiger partial charge in [0.2, 0.25) is 5.91 Å². The number of benzene rings is 3. The number of carbonyl (C=O) groups is 3. The average molecular weight is 486 g/mol. The van der Waals surface area contributed by atoms with E-state index in [1.807, 2.05) is 24.3 Å². The van der Waals surface area contributed by atoms with Gasteiger partial charge in [-0.05, 0) is 47.9 Å². The monoisotopic (exact) mass is 485 g/mol. The van der Waals surface area contributed by atoms with Gasteiger partial charge in [0.15, 0.2) is 5.78 Å². The Morgan fingerprint density at radius 1 is 0.857 bits per heavy atom. The summed E-state index contributed by atoms with van der Waals surface area (Å²) in [7, 11) is 3.18. The van der Waals surface area contributed by atoms with Crippen LogP contribution in [0.1, 0.15) is 33.2 Å². The molecular formula is C28H23NO5S. The van der Waals surface area contributed by atoms with Crippen LogP contribution in [-0.4, -0.2) is 31.8 Å². The molecule has 0 unspecified atom stereocenters. The van der Waals surface area contributed by atoms with Crippen LogP contribution in [0.2, 0.25) is 0 Å². The summed E-state index contributed by atoms with van der Waals surface area (Å²) in [5.74, 6) is 0.0680. The fourth-order valence-electron chi connectivity index (χ4n) is 3.64. The first-order valence-corrected chi connectivity index (χ1v) is 11.6.